The minimum Gasteiger partial charge on any atom is -0.481 e. The zero-order chi connectivity index (χ0) is 57.9. The lowest BCUT2D eigenvalue weighted by Gasteiger charge is -2.29. The molecule has 0 fully saturated rings. The molecule has 0 aliphatic rings. The van der Waals surface area contributed by atoms with E-state index < -0.39 is 127 Å². The SMILES string of the molecule is CC(C)C[C@H](NC(=O)[C@H](CC(C)C)NC(=O)[C@H](CCCCN)NC(=O)[C@H](CCCCN)NC(=O)[C@H](CCC(=O)O)NC(=O)CNc1cccnc1)C(=O)N[C@@H](CCCCN)C(=O)N[C@@H](CCC(=O)O)C(=O)NCCC(=O)O. The van der Waals surface area contributed by atoms with Crippen LogP contribution in [0.25, 0.3) is 0 Å². The lowest BCUT2D eigenvalue weighted by molar-refractivity contribution is -0.139. The van der Waals surface area contributed by atoms with Gasteiger partial charge in [-0.05, 0) is 127 Å². The lowest BCUT2D eigenvalue weighted by Crippen LogP contribution is -2.60. The molecular formula is C50H85N13O14. The number of carbonyl (C=O) groups excluding carboxylic acids is 8. The Kier molecular flexibility index (Phi) is 34.0. The van der Waals surface area contributed by atoms with E-state index in [1.165, 1.54) is 12.4 Å². The molecule has 0 aliphatic heterocycles. The van der Waals surface area contributed by atoms with Gasteiger partial charge in [0.2, 0.25) is 47.3 Å². The molecule has 0 spiro atoms. The quantitative estimate of drug-likeness (QED) is 0.0338. The van der Waals surface area contributed by atoms with Gasteiger partial charge < -0.3 is 80.4 Å². The summed E-state index contributed by atoms with van der Waals surface area (Å²) in [4.78, 5) is 148. The highest BCUT2D eigenvalue weighted by Gasteiger charge is 2.35. The summed E-state index contributed by atoms with van der Waals surface area (Å²) in [6, 6.07) is -5.91. The van der Waals surface area contributed by atoms with Crippen molar-refractivity contribution < 1.29 is 68.1 Å². The molecule has 1 aromatic heterocycles. The van der Waals surface area contributed by atoms with Gasteiger partial charge in [-0.3, -0.25) is 57.7 Å². The second kappa shape index (κ2) is 38.5. The number of nitrogens with zero attached hydrogens (tertiary/aromatic N) is 1. The fraction of sp³-hybridized carbons (Fsp3) is 0.680. The fourth-order valence-electron chi connectivity index (χ4n) is 7.71. The first-order valence-electron chi connectivity index (χ1n) is 26.3. The number of amides is 8. The molecule has 0 bridgehead atoms. The summed E-state index contributed by atoms with van der Waals surface area (Å²) in [7, 11) is 0. The summed E-state index contributed by atoms with van der Waals surface area (Å²) in [5, 5.41) is 51.4. The Morgan fingerprint density at radius 2 is 0.818 bits per heavy atom. The van der Waals surface area contributed by atoms with Crippen LogP contribution >= 0.6 is 0 Å². The molecule has 18 N–H and O–H groups in total. The zero-order valence-corrected chi connectivity index (χ0v) is 44.9. The van der Waals surface area contributed by atoms with E-state index in [-0.39, 0.29) is 89.5 Å². The summed E-state index contributed by atoms with van der Waals surface area (Å²) in [5.41, 5.74) is 17.7. The Morgan fingerprint density at radius 1 is 0.468 bits per heavy atom. The molecule has 1 heterocycles. The van der Waals surface area contributed by atoms with Gasteiger partial charge in [0.15, 0.2) is 0 Å². The standard InChI is InChI=1S/C50H85N13O14/c1-30(2)26-38(49(76)60-34(14-6-9-22-52)46(73)61-36(16-18-41(65)66)44(71)55-25-20-43(69)70)63-50(77)39(27-31(3)4)62-47(74)35(15-7-10-23-53)58-45(72)33(13-5-8-21-51)59-48(75)37(17-19-42(67)68)57-40(64)29-56-32-12-11-24-54-28-32/h11-12,24,28,30-31,33-39,56H,5-10,13-23,25-27,29,51-53H2,1-4H3,(H,55,71)(H,57,64)(H,58,72)(H,59,75)(H,60,76)(H,61,73)(H,62,74)(H,63,77)(H,65,66)(H,67,68)(H,69,70)/t33-,34-,35-,36-,37-,38-,39-/m0/s1. The molecule has 434 valence electrons. The molecule has 77 heavy (non-hydrogen) atoms. The van der Waals surface area contributed by atoms with Crippen LogP contribution in [0.5, 0.6) is 0 Å². The first kappa shape index (κ1) is 68.0. The maximum atomic E-state index is 14.3. The van der Waals surface area contributed by atoms with Crippen LogP contribution in [0.3, 0.4) is 0 Å². The van der Waals surface area contributed by atoms with E-state index in [1.807, 2.05) is 0 Å². The number of nitrogens with one attached hydrogen (secondary N) is 9. The van der Waals surface area contributed by atoms with Crippen molar-refractivity contribution in [3.63, 3.8) is 0 Å². The van der Waals surface area contributed by atoms with Crippen LogP contribution in [0.4, 0.5) is 5.69 Å². The van der Waals surface area contributed by atoms with Crippen LogP contribution in [0, 0.1) is 11.8 Å². The molecule has 7 atom stereocenters. The molecule has 1 rings (SSSR count). The highest BCUT2D eigenvalue weighted by Crippen LogP contribution is 2.14. The average molecular weight is 1090 g/mol. The molecule has 0 aliphatic carbocycles. The van der Waals surface area contributed by atoms with Crippen molar-refractivity contribution in [3.8, 4) is 0 Å². The topological polar surface area (TPSA) is 448 Å². The number of carboxylic acid groups (broad SMARTS) is 3. The summed E-state index contributed by atoms with van der Waals surface area (Å²) in [6.45, 7) is 7.34. The smallest absolute Gasteiger partial charge is 0.305 e. The number of aromatic nitrogens is 1. The number of carboxylic acids is 3. The first-order chi connectivity index (χ1) is 36.5. The second-order valence-electron chi connectivity index (χ2n) is 19.5. The van der Waals surface area contributed by atoms with Gasteiger partial charge in [0, 0.05) is 31.8 Å². The normalized spacial score (nSPS) is 13.8. The number of carbonyl (C=O) groups is 11. The maximum Gasteiger partial charge on any atom is 0.305 e. The highest BCUT2D eigenvalue weighted by molar-refractivity contribution is 5.98. The minimum atomic E-state index is -1.41. The van der Waals surface area contributed by atoms with Gasteiger partial charge in [0.1, 0.15) is 42.3 Å². The van der Waals surface area contributed by atoms with Gasteiger partial charge in [-0.25, -0.2) is 0 Å². The molecular weight excluding hydrogens is 1010 g/mol. The summed E-state index contributed by atoms with van der Waals surface area (Å²) in [6.07, 6.45) is 3.49. The van der Waals surface area contributed by atoms with E-state index in [9.17, 15) is 63.0 Å². The van der Waals surface area contributed by atoms with Crippen molar-refractivity contribution >= 4 is 70.9 Å². The van der Waals surface area contributed by atoms with Crippen molar-refractivity contribution in [2.24, 2.45) is 29.0 Å². The Balaban J connectivity index is 3.47. The van der Waals surface area contributed by atoms with Crippen molar-refractivity contribution in [1.29, 1.82) is 0 Å². The number of hydrogen-bond donors (Lipinski definition) is 15. The van der Waals surface area contributed by atoms with Crippen molar-refractivity contribution in [2.45, 2.75) is 173 Å². The van der Waals surface area contributed by atoms with Gasteiger partial charge in [-0.15, -0.1) is 0 Å². The Labute approximate surface area is 449 Å². The van der Waals surface area contributed by atoms with Gasteiger partial charge in [0.05, 0.1) is 18.7 Å². The average Bonchev–Trinajstić information content (AvgIpc) is 3.36. The van der Waals surface area contributed by atoms with Crippen LogP contribution in [-0.4, -0.2) is 160 Å². The maximum absolute atomic E-state index is 14.3. The van der Waals surface area contributed by atoms with E-state index in [1.54, 1.807) is 39.8 Å². The molecule has 0 radical (unpaired) electrons. The van der Waals surface area contributed by atoms with Crippen LogP contribution in [0.15, 0.2) is 24.5 Å². The van der Waals surface area contributed by atoms with E-state index in [2.05, 4.69) is 52.8 Å². The van der Waals surface area contributed by atoms with Crippen LogP contribution in [0.1, 0.15) is 130 Å². The highest BCUT2D eigenvalue weighted by atomic mass is 16.4. The number of nitrogens with two attached hydrogens (primary N) is 3. The number of rotatable bonds is 42. The third-order valence-corrected chi connectivity index (χ3v) is 11.8. The Bertz CT molecular complexity index is 2050. The predicted molar refractivity (Wildman–Crippen MR) is 283 cm³/mol. The molecule has 27 nitrogen and oxygen atoms in total. The molecule has 0 aromatic carbocycles. The number of pyridine rings is 1. The summed E-state index contributed by atoms with van der Waals surface area (Å²) < 4.78 is 0. The largest absolute Gasteiger partial charge is 0.481 e. The molecule has 8 amide bonds. The molecule has 0 saturated heterocycles. The molecule has 0 saturated carbocycles. The van der Waals surface area contributed by atoms with Crippen LogP contribution in [-0.2, 0) is 52.7 Å². The van der Waals surface area contributed by atoms with Crippen LogP contribution in [0.2, 0.25) is 0 Å². The van der Waals surface area contributed by atoms with Crippen molar-refractivity contribution in [3.05, 3.63) is 24.5 Å². The Morgan fingerprint density at radius 3 is 1.16 bits per heavy atom. The van der Waals surface area contributed by atoms with Gasteiger partial charge >= 0.3 is 17.9 Å². The number of hydrogen-bond acceptors (Lipinski definition) is 16. The van der Waals surface area contributed by atoms with Crippen molar-refractivity contribution in [1.82, 2.24) is 47.5 Å². The van der Waals surface area contributed by atoms with Gasteiger partial charge in [-0.1, -0.05) is 27.7 Å². The first-order valence-corrected chi connectivity index (χ1v) is 26.3. The van der Waals surface area contributed by atoms with E-state index >= 15 is 0 Å². The van der Waals surface area contributed by atoms with Gasteiger partial charge in [0.25, 0.3) is 0 Å². The number of aliphatic carboxylic acids is 3. The van der Waals surface area contributed by atoms with Crippen molar-refractivity contribution in [2.75, 3.05) is 38.0 Å². The fourth-order valence-corrected chi connectivity index (χ4v) is 7.71. The van der Waals surface area contributed by atoms with E-state index in [4.69, 9.17) is 22.3 Å². The third-order valence-electron chi connectivity index (χ3n) is 11.8. The summed E-state index contributed by atoms with van der Waals surface area (Å²) in [5.74, 6) is -10.4. The van der Waals surface area contributed by atoms with E-state index in [0.717, 1.165) is 0 Å². The zero-order valence-electron chi connectivity index (χ0n) is 44.9. The van der Waals surface area contributed by atoms with Crippen LogP contribution < -0.4 is 65.1 Å². The monoisotopic (exact) mass is 1090 g/mol. The number of anilines is 1. The van der Waals surface area contributed by atoms with Gasteiger partial charge in [-0.2, -0.15) is 0 Å². The number of unbranched alkanes of at least 4 members (excludes halogenated alkanes) is 3. The van der Waals surface area contributed by atoms with E-state index in [0.29, 0.717) is 44.2 Å². The predicted octanol–water partition coefficient (Wildman–Crippen LogP) is -1.31. The molecule has 0 unspecified atom stereocenters. The molecule has 27 heteroatoms. The molecule has 1 aromatic rings. The lowest BCUT2D eigenvalue weighted by atomic mass is 9.98. The minimum absolute atomic E-state index is 0.0251. The summed E-state index contributed by atoms with van der Waals surface area (Å²) >= 11 is 0. The second-order valence-corrected chi connectivity index (χ2v) is 19.5. The Hall–Kier alpha value is -7.00. The third kappa shape index (κ3) is 30.4.